The minimum Gasteiger partial charge on any atom is -0.478 e. The van der Waals surface area contributed by atoms with Crippen molar-refractivity contribution < 1.29 is 37.4 Å². The normalized spacial score (nSPS) is 20.6. The first-order valence-electron chi connectivity index (χ1n) is 12.5. The maximum absolute atomic E-state index is 13.8. The van der Waals surface area contributed by atoms with Gasteiger partial charge in [-0.25, -0.2) is 9.59 Å². The van der Waals surface area contributed by atoms with E-state index >= 15 is 0 Å². The molecular formula is C27H30F3N3O5. The quantitative estimate of drug-likeness (QED) is 0.557. The number of piperazine rings is 1. The third-order valence-corrected chi connectivity index (χ3v) is 7.09. The van der Waals surface area contributed by atoms with E-state index in [2.05, 4.69) is 4.90 Å². The molecule has 1 heterocycles. The van der Waals surface area contributed by atoms with Crippen LogP contribution in [-0.4, -0.2) is 79.4 Å². The Hall–Kier alpha value is -3.60. The van der Waals surface area contributed by atoms with E-state index in [0.29, 0.717) is 29.2 Å². The fourth-order valence-corrected chi connectivity index (χ4v) is 4.98. The average molecular weight is 534 g/mol. The number of halogens is 3. The van der Waals surface area contributed by atoms with Gasteiger partial charge in [0.05, 0.1) is 16.8 Å². The fraction of sp³-hybridized carbons (Fsp3) is 0.444. The molecule has 2 aliphatic rings. The zero-order valence-electron chi connectivity index (χ0n) is 21.0. The van der Waals surface area contributed by atoms with Crippen LogP contribution < -0.4 is 9.80 Å². The number of esters is 1. The van der Waals surface area contributed by atoms with Crippen LogP contribution in [0.3, 0.4) is 0 Å². The van der Waals surface area contributed by atoms with Gasteiger partial charge in [-0.3, -0.25) is 4.79 Å². The van der Waals surface area contributed by atoms with E-state index < -0.39 is 36.2 Å². The monoisotopic (exact) mass is 533 g/mol. The number of carboxylic acids is 1. The lowest BCUT2D eigenvalue weighted by atomic mass is 9.90. The van der Waals surface area contributed by atoms with E-state index in [1.165, 1.54) is 12.1 Å². The number of alkyl halides is 3. The maximum atomic E-state index is 13.8. The molecule has 4 rings (SSSR count). The number of carbonyl (C=O) groups excluding carboxylic acids is 2. The van der Waals surface area contributed by atoms with Crippen molar-refractivity contribution in [2.45, 2.75) is 44.0 Å². The van der Waals surface area contributed by atoms with Crippen molar-refractivity contribution in [1.29, 1.82) is 0 Å². The lowest BCUT2D eigenvalue weighted by molar-refractivity contribution is -0.171. The second-order valence-corrected chi connectivity index (χ2v) is 9.67. The Morgan fingerprint density at radius 1 is 0.947 bits per heavy atom. The second-order valence-electron chi connectivity index (χ2n) is 9.67. The van der Waals surface area contributed by atoms with Gasteiger partial charge in [-0.15, -0.1) is 0 Å². The van der Waals surface area contributed by atoms with E-state index in [1.807, 2.05) is 11.9 Å². The Morgan fingerprint density at radius 2 is 1.58 bits per heavy atom. The van der Waals surface area contributed by atoms with Crippen LogP contribution in [0, 0.1) is 0 Å². The number of aromatic carboxylic acids is 1. The molecule has 0 radical (unpaired) electrons. The number of carboxylic acid groups (broad SMARTS) is 1. The molecule has 0 bridgehead atoms. The average Bonchev–Trinajstić information content (AvgIpc) is 2.90. The molecule has 0 spiro atoms. The molecule has 38 heavy (non-hydrogen) atoms. The van der Waals surface area contributed by atoms with Gasteiger partial charge in [0.2, 0.25) is 0 Å². The third kappa shape index (κ3) is 6.27. The first-order valence-corrected chi connectivity index (χ1v) is 12.5. The lowest BCUT2D eigenvalue weighted by Crippen LogP contribution is -2.50. The van der Waals surface area contributed by atoms with Crippen molar-refractivity contribution in [3.05, 3.63) is 59.7 Å². The van der Waals surface area contributed by atoms with Crippen molar-refractivity contribution in [3.63, 3.8) is 0 Å². The summed E-state index contributed by atoms with van der Waals surface area (Å²) in [5.74, 6) is -4.05. The zero-order valence-corrected chi connectivity index (χ0v) is 21.0. The molecule has 2 fully saturated rings. The molecule has 0 aromatic heterocycles. The van der Waals surface area contributed by atoms with Gasteiger partial charge in [0, 0.05) is 37.9 Å². The molecule has 2 aromatic carbocycles. The van der Waals surface area contributed by atoms with Gasteiger partial charge in [0.25, 0.3) is 0 Å². The Bertz CT molecular complexity index is 1160. The lowest BCUT2D eigenvalue weighted by Gasteiger charge is -2.38. The Kier molecular flexibility index (Phi) is 8.25. The Labute approximate surface area is 218 Å². The summed E-state index contributed by atoms with van der Waals surface area (Å²) in [6, 6.07) is 11.7. The molecule has 1 saturated heterocycles. The minimum atomic E-state index is -5.20. The highest BCUT2D eigenvalue weighted by atomic mass is 19.4. The van der Waals surface area contributed by atoms with Crippen molar-refractivity contribution in [3.8, 4) is 0 Å². The third-order valence-electron chi connectivity index (χ3n) is 7.09. The zero-order chi connectivity index (χ0) is 27.4. The predicted molar refractivity (Wildman–Crippen MR) is 135 cm³/mol. The van der Waals surface area contributed by atoms with Crippen molar-refractivity contribution in [2.24, 2.45) is 0 Å². The Balaban J connectivity index is 1.59. The summed E-state index contributed by atoms with van der Waals surface area (Å²) in [6.07, 6.45) is -5.00. The van der Waals surface area contributed by atoms with Crippen LogP contribution in [0.2, 0.25) is 0 Å². The van der Waals surface area contributed by atoms with Gasteiger partial charge in [0.15, 0.2) is 0 Å². The summed E-state index contributed by atoms with van der Waals surface area (Å²) in [5, 5.41) is 9.79. The van der Waals surface area contributed by atoms with Crippen LogP contribution >= 0.6 is 0 Å². The summed E-state index contributed by atoms with van der Waals surface area (Å²) in [5.41, 5.74) is 0.276. The molecule has 1 saturated carbocycles. The van der Waals surface area contributed by atoms with Crippen LogP contribution in [0.1, 0.15) is 46.4 Å². The largest absolute Gasteiger partial charge is 0.478 e. The first kappa shape index (κ1) is 27.4. The van der Waals surface area contributed by atoms with Crippen LogP contribution in [-0.2, 0) is 9.53 Å². The Morgan fingerprint density at radius 3 is 2.16 bits per heavy atom. The smallest absolute Gasteiger partial charge is 0.471 e. The van der Waals surface area contributed by atoms with Crippen molar-refractivity contribution >= 4 is 29.2 Å². The minimum absolute atomic E-state index is 0.117. The van der Waals surface area contributed by atoms with Gasteiger partial charge in [0.1, 0.15) is 6.10 Å². The number of rotatable bonds is 6. The summed E-state index contributed by atoms with van der Waals surface area (Å²) in [4.78, 5) is 41.8. The summed E-state index contributed by atoms with van der Waals surface area (Å²) >= 11 is 0. The van der Waals surface area contributed by atoms with E-state index in [-0.39, 0.29) is 36.9 Å². The molecule has 0 unspecified atom stereocenters. The number of carbonyl (C=O) groups is 3. The first-order chi connectivity index (χ1) is 18.0. The molecule has 1 amide bonds. The number of nitrogens with zero attached hydrogens (tertiary/aromatic N) is 3. The van der Waals surface area contributed by atoms with E-state index in [0.717, 1.165) is 13.1 Å². The van der Waals surface area contributed by atoms with E-state index in [4.69, 9.17) is 4.74 Å². The summed E-state index contributed by atoms with van der Waals surface area (Å²) in [7, 11) is 1.97. The number of ether oxygens (including phenoxy) is 1. The van der Waals surface area contributed by atoms with Crippen LogP contribution in [0.15, 0.2) is 48.5 Å². The van der Waals surface area contributed by atoms with Crippen LogP contribution in [0.4, 0.5) is 24.5 Å². The molecule has 1 aliphatic heterocycles. The van der Waals surface area contributed by atoms with Gasteiger partial charge >= 0.3 is 24.0 Å². The van der Waals surface area contributed by atoms with Gasteiger partial charge in [-0.05, 0) is 63.1 Å². The topological polar surface area (TPSA) is 90.4 Å². The number of likely N-dealkylation sites (N-methyl/N-ethyl adjacent to an activating group) is 1. The highest BCUT2D eigenvalue weighted by Gasteiger charge is 2.47. The molecule has 11 heteroatoms. The van der Waals surface area contributed by atoms with E-state index in [9.17, 15) is 32.7 Å². The van der Waals surface area contributed by atoms with Gasteiger partial charge < -0.3 is 24.5 Å². The molecule has 8 nitrogen and oxygen atoms in total. The van der Waals surface area contributed by atoms with Gasteiger partial charge in [-0.1, -0.05) is 18.2 Å². The summed E-state index contributed by atoms with van der Waals surface area (Å²) in [6.45, 7) is 2.72. The van der Waals surface area contributed by atoms with E-state index in [1.54, 1.807) is 36.4 Å². The number of anilines is 2. The maximum Gasteiger partial charge on any atom is 0.471 e. The van der Waals surface area contributed by atoms with Crippen molar-refractivity contribution in [1.82, 2.24) is 4.90 Å². The molecule has 1 N–H and O–H groups in total. The summed E-state index contributed by atoms with van der Waals surface area (Å²) < 4.78 is 46.9. The highest BCUT2D eigenvalue weighted by Crippen LogP contribution is 2.37. The second kappa shape index (κ2) is 11.4. The molecule has 2 aromatic rings. The SMILES string of the molecule is CN1CCN(c2ccc(C(=O)O)c(N(C(=O)C(F)(F)F)C3CCC(OC(=O)c4ccccc4)CC3)c2)CC1. The molecule has 1 aliphatic carbocycles. The standard InChI is InChI=1S/C27H30F3N3O5/c1-31-13-15-32(16-14-31)20-9-12-22(24(34)35)23(17-20)33(26(37)27(28,29)30)19-7-10-21(11-8-19)38-25(36)18-5-3-2-4-6-18/h2-6,9,12,17,19,21H,7-8,10-11,13-16H2,1H3,(H,34,35). The molecule has 0 atom stereocenters. The van der Waals surface area contributed by atoms with Crippen LogP contribution in [0.5, 0.6) is 0 Å². The number of amides is 1. The molecule has 204 valence electrons. The fourth-order valence-electron chi connectivity index (χ4n) is 4.98. The molecular weight excluding hydrogens is 503 g/mol. The predicted octanol–water partition coefficient (Wildman–Crippen LogP) is 4.20. The highest BCUT2D eigenvalue weighted by molar-refractivity contribution is 6.05. The van der Waals surface area contributed by atoms with Crippen LogP contribution in [0.25, 0.3) is 0 Å². The number of hydrogen-bond donors (Lipinski definition) is 1. The van der Waals surface area contributed by atoms with Crippen molar-refractivity contribution in [2.75, 3.05) is 43.0 Å². The van der Waals surface area contributed by atoms with Gasteiger partial charge in [-0.2, -0.15) is 13.2 Å². The number of benzene rings is 2. The number of hydrogen-bond acceptors (Lipinski definition) is 6.